The van der Waals surface area contributed by atoms with Crippen molar-refractivity contribution in [2.24, 2.45) is 23.7 Å². The third-order valence-corrected chi connectivity index (χ3v) is 5.71. The predicted molar refractivity (Wildman–Crippen MR) is 79.8 cm³/mol. The fourth-order valence-corrected chi connectivity index (χ4v) is 4.90. The number of hydrogen-bond acceptors (Lipinski definition) is 4. The largest absolute Gasteiger partial charge is 0.384 e. The summed E-state index contributed by atoms with van der Waals surface area (Å²) in [7, 11) is 3.66. The molecule has 2 saturated heterocycles. The average Bonchev–Trinajstić information content (AvgIpc) is 2.99. The highest BCUT2D eigenvalue weighted by atomic mass is 16.5. The van der Waals surface area contributed by atoms with Crippen molar-refractivity contribution < 1.29 is 9.47 Å². The zero-order chi connectivity index (χ0) is 13.9. The summed E-state index contributed by atoms with van der Waals surface area (Å²) in [4.78, 5) is 0. The van der Waals surface area contributed by atoms with Crippen molar-refractivity contribution in [1.82, 2.24) is 10.6 Å². The predicted octanol–water partition coefficient (Wildman–Crippen LogP) is 1.26. The van der Waals surface area contributed by atoms with Crippen LogP contribution in [-0.4, -0.2) is 52.6 Å². The van der Waals surface area contributed by atoms with E-state index in [0.29, 0.717) is 12.1 Å². The SMILES string of the molecule is COCC1CCNC(C2NCC3CC(COC)CC32)C1. The van der Waals surface area contributed by atoms with E-state index in [4.69, 9.17) is 9.47 Å². The molecule has 1 saturated carbocycles. The van der Waals surface area contributed by atoms with E-state index in [1.54, 1.807) is 0 Å². The van der Waals surface area contributed by atoms with Gasteiger partial charge in [0.1, 0.15) is 0 Å². The van der Waals surface area contributed by atoms with Gasteiger partial charge in [-0.05, 0) is 62.4 Å². The topological polar surface area (TPSA) is 42.5 Å². The molecule has 0 spiro atoms. The first-order chi connectivity index (χ1) is 9.81. The van der Waals surface area contributed by atoms with Crippen LogP contribution >= 0.6 is 0 Å². The maximum absolute atomic E-state index is 5.37. The molecule has 20 heavy (non-hydrogen) atoms. The average molecular weight is 282 g/mol. The molecule has 0 bridgehead atoms. The molecule has 1 aliphatic carbocycles. The second-order valence-corrected chi connectivity index (χ2v) is 7.06. The summed E-state index contributed by atoms with van der Waals surface area (Å²) in [5.74, 6) is 3.26. The van der Waals surface area contributed by atoms with Gasteiger partial charge in [-0.3, -0.25) is 0 Å². The quantitative estimate of drug-likeness (QED) is 0.797. The summed E-state index contributed by atoms with van der Waals surface area (Å²) < 4.78 is 10.7. The first kappa shape index (κ1) is 14.8. The lowest BCUT2D eigenvalue weighted by Gasteiger charge is -2.36. The summed E-state index contributed by atoms with van der Waals surface area (Å²) in [5, 5.41) is 7.57. The Kier molecular flexibility index (Phi) is 4.97. The highest BCUT2D eigenvalue weighted by Gasteiger charge is 2.46. The molecule has 3 rings (SSSR count). The van der Waals surface area contributed by atoms with E-state index >= 15 is 0 Å². The summed E-state index contributed by atoms with van der Waals surface area (Å²) in [6.45, 7) is 4.23. The zero-order valence-corrected chi connectivity index (χ0v) is 12.9. The molecular formula is C16H30N2O2. The number of fused-ring (bicyclic) bond motifs is 1. The molecule has 116 valence electrons. The van der Waals surface area contributed by atoms with Gasteiger partial charge in [-0.25, -0.2) is 0 Å². The van der Waals surface area contributed by atoms with E-state index in [1.807, 2.05) is 14.2 Å². The van der Waals surface area contributed by atoms with Gasteiger partial charge in [0.2, 0.25) is 0 Å². The first-order valence-electron chi connectivity index (χ1n) is 8.26. The third-order valence-electron chi connectivity index (χ3n) is 5.71. The zero-order valence-electron chi connectivity index (χ0n) is 12.9. The fraction of sp³-hybridized carbons (Fsp3) is 1.00. The summed E-state index contributed by atoms with van der Waals surface area (Å²) in [5.41, 5.74) is 0. The highest BCUT2D eigenvalue weighted by Crippen LogP contribution is 2.43. The van der Waals surface area contributed by atoms with Crippen molar-refractivity contribution in [2.45, 2.75) is 37.8 Å². The second kappa shape index (κ2) is 6.73. The Morgan fingerprint density at radius 2 is 1.75 bits per heavy atom. The van der Waals surface area contributed by atoms with Gasteiger partial charge in [-0.15, -0.1) is 0 Å². The van der Waals surface area contributed by atoms with Crippen LogP contribution < -0.4 is 10.6 Å². The van der Waals surface area contributed by atoms with Gasteiger partial charge in [-0.1, -0.05) is 0 Å². The third kappa shape index (κ3) is 3.03. The summed E-state index contributed by atoms with van der Waals surface area (Å²) in [6, 6.07) is 1.31. The van der Waals surface area contributed by atoms with Crippen molar-refractivity contribution in [3.8, 4) is 0 Å². The van der Waals surface area contributed by atoms with Crippen LogP contribution in [-0.2, 0) is 9.47 Å². The Bertz CT molecular complexity index is 311. The molecular weight excluding hydrogens is 252 g/mol. The Morgan fingerprint density at radius 1 is 0.950 bits per heavy atom. The minimum Gasteiger partial charge on any atom is -0.384 e. The molecule has 4 nitrogen and oxygen atoms in total. The fourth-order valence-electron chi connectivity index (χ4n) is 4.90. The van der Waals surface area contributed by atoms with Gasteiger partial charge in [0, 0.05) is 39.5 Å². The van der Waals surface area contributed by atoms with E-state index in [9.17, 15) is 0 Å². The minimum absolute atomic E-state index is 0.639. The van der Waals surface area contributed by atoms with Gasteiger partial charge in [0.25, 0.3) is 0 Å². The summed E-state index contributed by atoms with van der Waals surface area (Å²) >= 11 is 0. The molecule has 0 amide bonds. The van der Waals surface area contributed by atoms with Gasteiger partial charge < -0.3 is 20.1 Å². The molecule has 2 aliphatic heterocycles. The lowest BCUT2D eigenvalue weighted by molar-refractivity contribution is 0.112. The molecule has 0 radical (unpaired) electrons. The Labute approximate surface area is 123 Å². The van der Waals surface area contributed by atoms with Crippen molar-refractivity contribution in [1.29, 1.82) is 0 Å². The van der Waals surface area contributed by atoms with E-state index < -0.39 is 0 Å². The van der Waals surface area contributed by atoms with Crippen LogP contribution in [0.5, 0.6) is 0 Å². The molecule has 6 atom stereocenters. The van der Waals surface area contributed by atoms with E-state index in [0.717, 1.165) is 43.4 Å². The van der Waals surface area contributed by atoms with Crippen molar-refractivity contribution >= 4 is 0 Å². The van der Waals surface area contributed by atoms with E-state index in [2.05, 4.69) is 10.6 Å². The van der Waals surface area contributed by atoms with Gasteiger partial charge >= 0.3 is 0 Å². The van der Waals surface area contributed by atoms with Crippen LogP contribution in [0.25, 0.3) is 0 Å². The smallest absolute Gasteiger partial charge is 0.0491 e. The molecule has 2 heterocycles. The van der Waals surface area contributed by atoms with Crippen LogP contribution in [0.15, 0.2) is 0 Å². The molecule has 3 fully saturated rings. The Morgan fingerprint density at radius 3 is 2.55 bits per heavy atom. The molecule has 6 unspecified atom stereocenters. The van der Waals surface area contributed by atoms with Crippen LogP contribution in [0.2, 0.25) is 0 Å². The van der Waals surface area contributed by atoms with Gasteiger partial charge in [0.15, 0.2) is 0 Å². The van der Waals surface area contributed by atoms with E-state index in [1.165, 1.54) is 32.2 Å². The molecule has 2 N–H and O–H groups in total. The first-order valence-corrected chi connectivity index (χ1v) is 8.26. The molecule has 0 aromatic rings. The minimum atomic E-state index is 0.639. The lowest BCUT2D eigenvalue weighted by Crippen LogP contribution is -2.52. The van der Waals surface area contributed by atoms with Crippen molar-refractivity contribution in [3.05, 3.63) is 0 Å². The Hall–Kier alpha value is -0.160. The second-order valence-electron chi connectivity index (χ2n) is 7.06. The van der Waals surface area contributed by atoms with Crippen molar-refractivity contribution in [3.63, 3.8) is 0 Å². The normalized spacial score (nSPS) is 44.7. The molecule has 0 aromatic carbocycles. The van der Waals surface area contributed by atoms with Crippen LogP contribution in [0, 0.1) is 23.7 Å². The summed E-state index contributed by atoms with van der Waals surface area (Å²) in [6.07, 6.45) is 5.24. The Balaban J connectivity index is 1.57. The molecule has 4 heteroatoms. The van der Waals surface area contributed by atoms with Crippen LogP contribution in [0.4, 0.5) is 0 Å². The lowest BCUT2D eigenvalue weighted by atomic mass is 9.82. The van der Waals surface area contributed by atoms with Crippen LogP contribution in [0.1, 0.15) is 25.7 Å². The van der Waals surface area contributed by atoms with Crippen molar-refractivity contribution in [2.75, 3.05) is 40.5 Å². The molecule has 3 aliphatic rings. The van der Waals surface area contributed by atoms with Gasteiger partial charge in [-0.2, -0.15) is 0 Å². The number of piperidine rings is 1. The number of hydrogen-bond donors (Lipinski definition) is 2. The number of ether oxygens (including phenoxy) is 2. The van der Waals surface area contributed by atoms with E-state index in [-0.39, 0.29) is 0 Å². The highest BCUT2D eigenvalue weighted by molar-refractivity contribution is 5.02. The maximum Gasteiger partial charge on any atom is 0.0491 e. The monoisotopic (exact) mass is 282 g/mol. The standard InChI is InChI=1S/C16H30N2O2/c1-19-9-11-3-4-17-15(7-11)16-14-6-12(10-20-2)5-13(14)8-18-16/h11-18H,3-10H2,1-2H3. The number of rotatable bonds is 5. The van der Waals surface area contributed by atoms with Gasteiger partial charge in [0.05, 0.1) is 0 Å². The molecule has 0 aromatic heterocycles. The number of nitrogens with one attached hydrogen (secondary N) is 2. The van der Waals surface area contributed by atoms with Crippen LogP contribution in [0.3, 0.4) is 0 Å². The number of methoxy groups -OCH3 is 2. The maximum atomic E-state index is 5.37.